The minimum Gasteiger partial charge on any atom is -0.493 e. The van der Waals surface area contributed by atoms with E-state index in [1.165, 1.54) is 5.56 Å². The summed E-state index contributed by atoms with van der Waals surface area (Å²) in [5.41, 5.74) is 2.45. The third kappa shape index (κ3) is 3.92. The molecule has 29 heavy (non-hydrogen) atoms. The molecule has 2 aromatic rings. The van der Waals surface area contributed by atoms with Crippen LogP contribution < -0.4 is 14.8 Å². The number of nitrogens with one attached hydrogen (secondary N) is 1. The van der Waals surface area contributed by atoms with Crippen LogP contribution in [0, 0.1) is 17.2 Å². The molecule has 4 rings (SSSR count). The van der Waals surface area contributed by atoms with E-state index in [4.69, 9.17) is 9.47 Å². The second kappa shape index (κ2) is 8.54. The Morgan fingerprint density at radius 1 is 1.14 bits per heavy atom. The zero-order valence-corrected chi connectivity index (χ0v) is 16.8. The van der Waals surface area contributed by atoms with Gasteiger partial charge in [0, 0.05) is 12.3 Å². The normalized spacial score (nSPS) is 25.3. The molecule has 1 fully saturated rings. The maximum Gasteiger partial charge on any atom is 0.161 e. The Balaban J connectivity index is 1.58. The highest BCUT2D eigenvalue weighted by molar-refractivity contribution is 5.67. The molecule has 4 atom stereocenters. The number of aryl methyl sites for hydroxylation is 1. The SMILES string of the molecule is COc1ccc(C2CC(CCc3ccccc3)NC3C(C#N)C=NN23)cc1OC. The highest BCUT2D eigenvalue weighted by atomic mass is 16.5. The van der Waals surface area contributed by atoms with Gasteiger partial charge in [0.15, 0.2) is 11.5 Å². The second-order valence-electron chi connectivity index (χ2n) is 7.50. The lowest BCUT2D eigenvalue weighted by atomic mass is 9.90. The van der Waals surface area contributed by atoms with Crippen molar-refractivity contribution in [1.29, 1.82) is 5.26 Å². The van der Waals surface area contributed by atoms with Gasteiger partial charge in [-0.15, -0.1) is 0 Å². The predicted octanol–water partition coefficient (Wildman–Crippen LogP) is 3.51. The Labute approximate surface area is 171 Å². The molecule has 0 radical (unpaired) electrons. The average molecular weight is 390 g/mol. The lowest BCUT2D eigenvalue weighted by Crippen LogP contribution is -2.55. The molecule has 0 aromatic heterocycles. The van der Waals surface area contributed by atoms with E-state index in [2.05, 4.69) is 46.8 Å². The topological polar surface area (TPSA) is 69.9 Å². The summed E-state index contributed by atoms with van der Waals surface area (Å²) in [6.07, 6.45) is 4.57. The standard InChI is InChI=1S/C23H26N4O2/c1-28-21-11-9-17(12-22(21)29-2)20-13-19(10-8-16-6-4-3-5-7-16)26-23-18(14-24)15-25-27(20)23/h3-7,9,11-12,15,18-20,23,26H,8,10,13H2,1-2H3. The number of nitriles is 1. The summed E-state index contributed by atoms with van der Waals surface area (Å²) in [6.45, 7) is 0. The van der Waals surface area contributed by atoms with Crippen LogP contribution in [0.4, 0.5) is 0 Å². The molecule has 0 aliphatic carbocycles. The van der Waals surface area contributed by atoms with E-state index in [-0.39, 0.29) is 18.1 Å². The average Bonchev–Trinajstić information content (AvgIpc) is 3.20. The number of fused-ring (bicyclic) bond motifs is 1. The first-order chi connectivity index (χ1) is 14.2. The first kappa shape index (κ1) is 19.3. The van der Waals surface area contributed by atoms with E-state index in [0.29, 0.717) is 17.5 Å². The molecule has 0 amide bonds. The molecule has 0 saturated carbocycles. The lowest BCUT2D eigenvalue weighted by molar-refractivity contribution is 0.0523. The fourth-order valence-electron chi connectivity index (χ4n) is 4.25. The summed E-state index contributed by atoms with van der Waals surface area (Å²) in [5.74, 6) is 1.17. The summed E-state index contributed by atoms with van der Waals surface area (Å²) in [6, 6.07) is 19.3. The number of nitrogens with zero attached hydrogens (tertiary/aromatic N) is 3. The number of ether oxygens (including phenoxy) is 2. The van der Waals surface area contributed by atoms with E-state index in [1.54, 1.807) is 20.4 Å². The molecular weight excluding hydrogens is 364 g/mol. The number of methoxy groups -OCH3 is 2. The van der Waals surface area contributed by atoms with E-state index < -0.39 is 0 Å². The van der Waals surface area contributed by atoms with Gasteiger partial charge < -0.3 is 9.47 Å². The van der Waals surface area contributed by atoms with Crippen LogP contribution in [-0.2, 0) is 6.42 Å². The third-order valence-corrected chi connectivity index (χ3v) is 5.79. The molecule has 1 saturated heterocycles. The number of hydrazone groups is 1. The van der Waals surface area contributed by atoms with Crippen molar-refractivity contribution in [3.63, 3.8) is 0 Å². The van der Waals surface area contributed by atoms with Gasteiger partial charge in [-0.1, -0.05) is 36.4 Å². The molecule has 2 heterocycles. The summed E-state index contributed by atoms with van der Waals surface area (Å²) < 4.78 is 10.9. The van der Waals surface area contributed by atoms with Gasteiger partial charge in [0.25, 0.3) is 0 Å². The van der Waals surface area contributed by atoms with Gasteiger partial charge in [-0.3, -0.25) is 10.3 Å². The largest absolute Gasteiger partial charge is 0.493 e. The highest BCUT2D eigenvalue weighted by Crippen LogP contribution is 2.39. The van der Waals surface area contributed by atoms with Crippen LogP contribution in [0.2, 0.25) is 0 Å². The summed E-state index contributed by atoms with van der Waals surface area (Å²) >= 11 is 0. The van der Waals surface area contributed by atoms with Gasteiger partial charge in [0.2, 0.25) is 0 Å². The fraction of sp³-hybridized carbons (Fsp3) is 0.391. The van der Waals surface area contributed by atoms with Crippen LogP contribution >= 0.6 is 0 Å². The fourth-order valence-corrected chi connectivity index (χ4v) is 4.25. The van der Waals surface area contributed by atoms with E-state index in [0.717, 1.165) is 24.8 Å². The molecule has 2 aliphatic rings. The molecule has 6 nitrogen and oxygen atoms in total. The summed E-state index contributed by atoms with van der Waals surface area (Å²) in [4.78, 5) is 0. The maximum atomic E-state index is 9.56. The van der Waals surface area contributed by atoms with Gasteiger partial charge in [0.05, 0.1) is 26.3 Å². The van der Waals surface area contributed by atoms with Crippen LogP contribution in [0.25, 0.3) is 0 Å². The van der Waals surface area contributed by atoms with Crippen molar-refractivity contribution in [1.82, 2.24) is 10.3 Å². The Morgan fingerprint density at radius 3 is 2.66 bits per heavy atom. The molecule has 1 N–H and O–H groups in total. The second-order valence-corrected chi connectivity index (χ2v) is 7.50. The van der Waals surface area contributed by atoms with Gasteiger partial charge >= 0.3 is 0 Å². The molecule has 2 aromatic carbocycles. The monoisotopic (exact) mass is 390 g/mol. The van der Waals surface area contributed by atoms with Crippen LogP contribution in [0.1, 0.15) is 30.0 Å². The van der Waals surface area contributed by atoms with Crippen LogP contribution in [0.15, 0.2) is 53.6 Å². The van der Waals surface area contributed by atoms with Crippen molar-refractivity contribution in [2.75, 3.05) is 14.2 Å². The molecule has 150 valence electrons. The number of benzene rings is 2. The van der Waals surface area contributed by atoms with E-state index in [1.807, 2.05) is 23.2 Å². The Kier molecular flexibility index (Phi) is 5.68. The van der Waals surface area contributed by atoms with Crippen molar-refractivity contribution >= 4 is 6.21 Å². The highest BCUT2D eigenvalue weighted by Gasteiger charge is 2.42. The molecular formula is C23H26N4O2. The minimum atomic E-state index is -0.253. The predicted molar refractivity (Wildman–Crippen MR) is 112 cm³/mol. The van der Waals surface area contributed by atoms with Crippen molar-refractivity contribution in [2.45, 2.75) is 37.5 Å². The van der Waals surface area contributed by atoms with Gasteiger partial charge in [-0.2, -0.15) is 10.4 Å². The summed E-state index contributed by atoms with van der Waals surface area (Å²) in [7, 11) is 3.29. The van der Waals surface area contributed by atoms with Crippen molar-refractivity contribution in [2.24, 2.45) is 11.0 Å². The van der Waals surface area contributed by atoms with Crippen LogP contribution in [-0.4, -0.2) is 37.7 Å². The third-order valence-electron chi connectivity index (χ3n) is 5.79. The van der Waals surface area contributed by atoms with Crippen molar-refractivity contribution in [3.05, 3.63) is 59.7 Å². The minimum absolute atomic E-state index is 0.0800. The van der Waals surface area contributed by atoms with Crippen LogP contribution in [0.5, 0.6) is 11.5 Å². The zero-order chi connectivity index (χ0) is 20.2. The van der Waals surface area contributed by atoms with E-state index in [9.17, 15) is 5.26 Å². The van der Waals surface area contributed by atoms with Crippen LogP contribution in [0.3, 0.4) is 0 Å². The maximum absolute atomic E-state index is 9.56. The molecule has 0 spiro atoms. The van der Waals surface area contributed by atoms with Crippen molar-refractivity contribution in [3.8, 4) is 17.6 Å². The molecule has 0 bridgehead atoms. The number of hydrogen-bond acceptors (Lipinski definition) is 6. The lowest BCUT2D eigenvalue weighted by Gasteiger charge is -2.43. The molecule has 4 unspecified atom stereocenters. The number of hydrogen-bond donors (Lipinski definition) is 1. The Bertz CT molecular complexity index is 909. The smallest absolute Gasteiger partial charge is 0.161 e. The number of rotatable bonds is 6. The summed E-state index contributed by atoms with van der Waals surface area (Å²) in [5, 5.41) is 19.8. The van der Waals surface area contributed by atoms with E-state index >= 15 is 0 Å². The van der Waals surface area contributed by atoms with Gasteiger partial charge in [0.1, 0.15) is 12.1 Å². The van der Waals surface area contributed by atoms with Crippen molar-refractivity contribution < 1.29 is 9.47 Å². The Morgan fingerprint density at radius 2 is 1.93 bits per heavy atom. The first-order valence-corrected chi connectivity index (χ1v) is 9.97. The Hall–Kier alpha value is -3.04. The quantitative estimate of drug-likeness (QED) is 0.817. The molecule has 6 heteroatoms. The molecule has 2 aliphatic heterocycles. The van der Waals surface area contributed by atoms with Gasteiger partial charge in [-0.25, -0.2) is 0 Å². The first-order valence-electron chi connectivity index (χ1n) is 9.97. The van der Waals surface area contributed by atoms with Gasteiger partial charge in [-0.05, 0) is 42.5 Å². The zero-order valence-electron chi connectivity index (χ0n) is 16.8.